The van der Waals surface area contributed by atoms with Crippen LogP contribution in [0.15, 0.2) is 4.99 Å². The summed E-state index contributed by atoms with van der Waals surface area (Å²) in [4.78, 5) is 6.29. The molecule has 0 aromatic rings. The van der Waals surface area contributed by atoms with Crippen LogP contribution < -0.4 is 5.73 Å². The van der Waals surface area contributed by atoms with Crippen LogP contribution in [0.5, 0.6) is 0 Å². The Hall–Kier alpha value is -1.00. The van der Waals surface area contributed by atoms with E-state index in [2.05, 4.69) is 4.99 Å². The predicted molar refractivity (Wildman–Crippen MR) is 78.1 cm³/mol. The lowest BCUT2D eigenvalue weighted by atomic mass is 9.98. The number of morpholine rings is 1. The van der Waals surface area contributed by atoms with Crippen molar-refractivity contribution in [2.75, 3.05) is 45.9 Å². The molecule has 2 aliphatic heterocycles. The van der Waals surface area contributed by atoms with Crippen LogP contribution in [-0.4, -0.2) is 75.3 Å². The lowest BCUT2D eigenvalue weighted by molar-refractivity contribution is 0.0673. The minimum atomic E-state index is -4.45. The molecule has 7 nitrogen and oxygen atoms in total. The van der Waals surface area contributed by atoms with Crippen LogP contribution in [0.2, 0.25) is 0 Å². The minimum Gasteiger partial charge on any atom is -0.378 e. The topological polar surface area (TPSA) is 88.2 Å². The molecule has 0 saturated carbocycles. The molecular weight excluding hydrogens is 318 g/mol. The largest absolute Gasteiger partial charge is 0.378 e. The smallest absolute Gasteiger partial charge is 0.350 e. The number of nitrogens with zero attached hydrogens (tertiary/aromatic N) is 3. The van der Waals surface area contributed by atoms with Gasteiger partial charge in [0.1, 0.15) is 0 Å². The number of halogens is 2. The molecule has 0 bridgehead atoms. The van der Waals surface area contributed by atoms with E-state index in [9.17, 15) is 17.2 Å². The third-order valence-corrected chi connectivity index (χ3v) is 5.54. The highest BCUT2D eigenvalue weighted by atomic mass is 32.2. The maximum atomic E-state index is 12.5. The fraction of sp³-hybridized carbons (Fsp3) is 0.917. The molecule has 0 aromatic carbocycles. The molecule has 2 aliphatic rings. The molecule has 10 heteroatoms. The van der Waals surface area contributed by atoms with E-state index in [0.29, 0.717) is 51.6 Å². The molecule has 2 saturated heterocycles. The summed E-state index contributed by atoms with van der Waals surface area (Å²) in [6.07, 6.45) is 1.04. The fourth-order valence-electron chi connectivity index (χ4n) is 2.57. The molecule has 2 N–H and O–H groups in total. The van der Waals surface area contributed by atoms with Gasteiger partial charge in [0.15, 0.2) is 5.96 Å². The third kappa shape index (κ3) is 4.26. The Kier molecular flexibility index (Phi) is 5.93. The normalized spacial score (nSPS) is 23.2. The second-order valence-electron chi connectivity index (χ2n) is 5.45. The van der Waals surface area contributed by atoms with Gasteiger partial charge in [0.25, 0.3) is 10.0 Å². The van der Waals surface area contributed by atoms with Gasteiger partial charge in [-0.3, -0.25) is 4.99 Å². The first kappa shape index (κ1) is 17.4. The summed E-state index contributed by atoms with van der Waals surface area (Å²) < 4.78 is 53.8. The van der Waals surface area contributed by atoms with Gasteiger partial charge in [0.2, 0.25) is 0 Å². The monoisotopic (exact) mass is 340 g/mol. The van der Waals surface area contributed by atoms with Gasteiger partial charge in [0.05, 0.1) is 13.2 Å². The maximum absolute atomic E-state index is 12.5. The molecule has 0 spiro atoms. The predicted octanol–water partition coefficient (Wildman–Crippen LogP) is -0.102. The molecule has 22 heavy (non-hydrogen) atoms. The maximum Gasteiger partial charge on any atom is 0.350 e. The van der Waals surface area contributed by atoms with Gasteiger partial charge in [-0.15, -0.1) is 0 Å². The van der Waals surface area contributed by atoms with Gasteiger partial charge >= 0.3 is 5.76 Å². The van der Waals surface area contributed by atoms with Crippen LogP contribution in [-0.2, 0) is 14.8 Å². The Morgan fingerprint density at radius 2 is 1.82 bits per heavy atom. The third-order valence-electron chi connectivity index (χ3n) is 4.01. The number of rotatable bonds is 4. The first-order valence-corrected chi connectivity index (χ1v) is 8.81. The van der Waals surface area contributed by atoms with Crippen LogP contribution in [0.3, 0.4) is 0 Å². The highest BCUT2D eigenvalue weighted by molar-refractivity contribution is 7.89. The van der Waals surface area contributed by atoms with Gasteiger partial charge in [0, 0.05) is 32.7 Å². The zero-order chi connectivity index (χ0) is 16.2. The highest BCUT2D eigenvalue weighted by Gasteiger charge is 2.34. The quantitative estimate of drug-likeness (QED) is 0.570. The number of nitrogens with two attached hydrogens (primary N) is 1. The zero-order valence-electron chi connectivity index (χ0n) is 12.3. The molecule has 0 amide bonds. The number of ether oxygens (including phenoxy) is 1. The molecule has 128 valence electrons. The standard InChI is InChI=1S/C12H22F2N4O3S/c13-11(14)22(19,20)18-3-1-10(2-4-18)9-16-12(15)17-5-7-21-8-6-17/h10-11H,1-9H2,(H2,15,16). The van der Waals surface area contributed by atoms with Crippen LogP contribution >= 0.6 is 0 Å². The summed E-state index contributed by atoms with van der Waals surface area (Å²) in [7, 11) is -4.45. The average molecular weight is 340 g/mol. The lowest BCUT2D eigenvalue weighted by Gasteiger charge is -2.31. The second-order valence-corrected chi connectivity index (χ2v) is 7.35. The number of aliphatic imine (C=N–C) groups is 1. The minimum absolute atomic E-state index is 0.115. The number of guanidine groups is 1. The molecule has 0 aromatic heterocycles. The van der Waals surface area contributed by atoms with E-state index in [1.54, 1.807) is 0 Å². The van der Waals surface area contributed by atoms with Crippen molar-refractivity contribution in [3.63, 3.8) is 0 Å². The van der Waals surface area contributed by atoms with Gasteiger partial charge in [-0.1, -0.05) is 0 Å². The molecule has 0 unspecified atom stereocenters. The van der Waals surface area contributed by atoms with Crippen LogP contribution in [0.1, 0.15) is 12.8 Å². The average Bonchev–Trinajstić information content (AvgIpc) is 2.53. The van der Waals surface area contributed by atoms with E-state index < -0.39 is 15.8 Å². The van der Waals surface area contributed by atoms with Crippen molar-refractivity contribution >= 4 is 16.0 Å². The van der Waals surface area contributed by atoms with E-state index >= 15 is 0 Å². The second kappa shape index (κ2) is 7.51. The molecule has 2 fully saturated rings. The van der Waals surface area contributed by atoms with Crippen molar-refractivity contribution in [3.8, 4) is 0 Å². The summed E-state index contributed by atoms with van der Waals surface area (Å²) in [6, 6.07) is 0. The first-order valence-electron chi connectivity index (χ1n) is 7.31. The summed E-state index contributed by atoms with van der Waals surface area (Å²) in [5.41, 5.74) is 5.92. The number of hydrogen-bond donors (Lipinski definition) is 1. The van der Waals surface area contributed by atoms with Crippen molar-refractivity contribution in [1.82, 2.24) is 9.21 Å². The Balaban J connectivity index is 1.80. The Morgan fingerprint density at radius 3 is 2.36 bits per heavy atom. The summed E-state index contributed by atoms with van der Waals surface area (Å²) in [6.45, 7) is 3.39. The SMILES string of the molecule is NC(=NCC1CCN(S(=O)(=O)C(F)F)CC1)N1CCOCC1. The highest BCUT2D eigenvalue weighted by Crippen LogP contribution is 2.22. The number of hydrogen-bond acceptors (Lipinski definition) is 4. The van der Waals surface area contributed by atoms with Crippen LogP contribution in [0.4, 0.5) is 8.78 Å². The number of sulfonamides is 1. The molecule has 0 atom stereocenters. The first-order chi connectivity index (χ1) is 10.4. The Bertz CT molecular complexity index is 487. The van der Waals surface area contributed by atoms with Gasteiger partial charge in [-0.25, -0.2) is 8.42 Å². The number of piperidine rings is 1. The van der Waals surface area contributed by atoms with Gasteiger partial charge in [-0.2, -0.15) is 13.1 Å². The molecule has 0 aliphatic carbocycles. The summed E-state index contributed by atoms with van der Waals surface area (Å²) >= 11 is 0. The van der Waals surface area contributed by atoms with E-state index in [4.69, 9.17) is 10.5 Å². The zero-order valence-corrected chi connectivity index (χ0v) is 13.1. The summed E-state index contributed by atoms with van der Waals surface area (Å²) in [5, 5.41) is 0. The van der Waals surface area contributed by atoms with Gasteiger partial charge in [-0.05, 0) is 18.8 Å². The van der Waals surface area contributed by atoms with E-state index in [1.807, 2.05) is 4.90 Å². The van der Waals surface area contributed by atoms with E-state index in [0.717, 1.165) is 4.31 Å². The van der Waals surface area contributed by atoms with Gasteiger partial charge < -0.3 is 15.4 Å². The van der Waals surface area contributed by atoms with Crippen LogP contribution in [0, 0.1) is 5.92 Å². The number of alkyl halides is 2. The Morgan fingerprint density at radius 1 is 1.23 bits per heavy atom. The van der Waals surface area contributed by atoms with Crippen LogP contribution in [0.25, 0.3) is 0 Å². The molecule has 2 heterocycles. The Labute approximate surface area is 129 Å². The van der Waals surface area contributed by atoms with E-state index in [1.165, 1.54) is 0 Å². The van der Waals surface area contributed by atoms with E-state index in [-0.39, 0.29) is 19.0 Å². The lowest BCUT2D eigenvalue weighted by Crippen LogP contribution is -2.45. The van der Waals surface area contributed by atoms with Crippen molar-refractivity contribution in [1.29, 1.82) is 0 Å². The van der Waals surface area contributed by atoms with Crippen molar-refractivity contribution in [2.45, 2.75) is 18.6 Å². The molecular formula is C12H22F2N4O3S. The van der Waals surface area contributed by atoms with Crippen molar-refractivity contribution in [3.05, 3.63) is 0 Å². The van der Waals surface area contributed by atoms with Crippen molar-refractivity contribution in [2.24, 2.45) is 16.6 Å². The summed E-state index contributed by atoms with van der Waals surface area (Å²) in [5.74, 6) is -2.71. The van der Waals surface area contributed by atoms with Crippen molar-refractivity contribution < 1.29 is 21.9 Å². The molecule has 2 rings (SSSR count). The fourth-order valence-corrected chi connectivity index (χ4v) is 3.52. The molecule has 0 radical (unpaired) electrons.